The van der Waals surface area contributed by atoms with Gasteiger partial charge in [0.25, 0.3) is 0 Å². The summed E-state index contributed by atoms with van der Waals surface area (Å²) in [6, 6.07) is 13.8. The van der Waals surface area contributed by atoms with Gasteiger partial charge in [-0.05, 0) is 35.7 Å². The van der Waals surface area contributed by atoms with E-state index in [1.54, 1.807) is 6.92 Å². The lowest BCUT2D eigenvalue weighted by Crippen LogP contribution is -2.19. The van der Waals surface area contributed by atoms with E-state index in [0.717, 1.165) is 22.8 Å². The Hall–Kier alpha value is -1.82. The van der Waals surface area contributed by atoms with Crippen molar-refractivity contribution in [2.24, 2.45) is 0 Å². The Balaban J connectivity index is 2.31. The monoisotopic (exact) mass is 268 g/mol. The highest BCUT2D eigenvalue weighted by atomic mass is 16.3. The summed E-state index contributed by atoms with van der Waals surface area (Å²) in [5, 5.41) is 22.3. The molecule has 2 N–H and O–H groups in total. The van der Waals surface area contributed by atoms with Crippen molar-refractivity contribution in [2.45, 2.75) is 38.4 Å². The topological polar surface area (TPSA) is 40.5 Å². The fourth-order valence-electron chi connectivity index (χ4n) is 2.13. The normalized spacial score (nSPS) is 15.2. The Morgan fingerprint density at radius 3 is 2.55 bits per heavy atom. The number of hydrogen-bond donors (Lipinski definition) is 2. The van der Waals surface area contributed by atoms with Crippen LogP contribution in [0.1, 0.15) is 32.3 Å². The molecule has 0 bridgehead atoms. The minimum absolute atomic E-state index is 0.626. The Bertz CT molecular complexity index is 647. The Morgan fingerprint density at radius 2 is 1.85 bits per heavy atom. The van der Waals surface area contributed by atoms with Gasteiger partial charge in [-0.1, -0.05) is 61.6 Å². The van der Waals surface area contributed by atoms with Crippen LogP contribution < -0.4 is 0 Å². The van der Waals surface area contributed by atoms with Crippen molar-refractivity contribution in [2.75, 3.05) is 0 Å². The van der Waals surface area contributed by atoms with Gasteiger partial charge in [0.2, 0.25) is 0 Å². The summed E-state index contributed by atoms with van der Waals surface area (Å²) in [7, 11) is 0. The Morgan fingerprint density at radius 1 is 1.15 bits per heavy atom. The highest BCUT2D eigenvalue weighted by molar-refractivity contribution is 5.83. The standard InChI is InChI=1S/C18H20O2/c1-3-6-17(19)11-12-18(2,20)16-10-9-14-7-4-5-8-15(14)13-16/h4-5,7-10,13,17,19-20H,3,6H2,1-2H3/t17-,18-/m0/s1. The van der Waals surface area contributed by atoms with E-state index in [1.165, 1.54) is 0 Å². The highest BCUT2D eigenvalue weighted by Gasteiger charge is 2.20. The maximum absolute atomic E-state index is 10.5. The quantitative estimate of drug-likeness (QED) is 0.839. The number of fused-ring (bicyclic) bond motifs is 1. The van der Waals surface area contributed by atoms with Crippen LogP contribution >= 0.6 is 0 Å². The average molecular weight is 268 g/mol. The highest BCUT2D eigenvalue weighted by Crippen LogP contribution is 2.24. The first-order chi connectivity index (χ1) is 9.53. The molecule has 0 aliphatic carbocycles. The van der Waals surface area contributed by atoms with Gasteiger partial charge in [-0.3, -0.25) is 0 Å². The largest absolute Gasteiger partial charge is 0.380 e. The van der Waals surface area contributed by atoms with Crippen LogP contribution in [0.25, 0.3) is 10.8 Å². The molecular formula is C18H20O2. The van der Waals surface area contributed by atoms with Crippen LogP contribution in [0, 0.1) is 11.8 Å². The zero-order valence-electron chi connectivity index (χ0n) is 11.9. The predicted molar refractivity (Wildman–Crippen MR) is 82.2 cm³/mol. The summed E-state index contributed by atoms with van der Waals surface area (Å²) in [5.41, 5.74) is -0.508. The summed E-state index contributed by atoms with van der Waals surface area (Å²) < 4.78 is 0. The maximum Gasteiger partial charge on any atom is 0.148 e. The molecular weight excluding hydrogens is 248 g/mol. The molecule has 0 heterocycles. The smallest absolute Gasteiger partial charge is 0.148 e. The van der Waals surface area contributed by atoms with Crippen LogP contribution in [0.2, 0.25) is 0 Å². The molecule has 2 aromatic carbocycles. The minimum Gasteiger partial charge on any atom is -0.380 e. The van der Waals surface area contributed by atoms with Gasteiger partial charge in [-0.25, -0.2) is 0 Å². The van der Waals surface area contributed by atoms with Gasteiger partial charge in [0.1, 0.15) is 11.7 Å². The Kier molecular flexibility index (Phi) is 4.44. The second kappa shape index (κ2) is 6.09. The second-order valence-corrected chi connectivity index (χ2v) is 5.21. The molecule has 0 aliphatic heterocycles. The van der Waals surface area contributed by atoms with Crippen LogP contribution in [0.3, 0.4) is 0 Å². The molecule has 0 spiro atoms. The third-order valence-corrected chi connectivity index (χ3v) is 3.36. The Labute approximate surface area is 120 Å². The molecule has 104 valence electrons. The van der Waals surface area contributed by atoms with E-state index in [4.69, 9.17) is 0 Å². The van der Waals surface area contributed by atoms with Crippen molar-refractivity contribution in [3.05, 3.63) is 48.0 Å². The lowest BCUT2D eigenvalue weighted by Gasteiger charge is -2.18. The molecule has 2 rings (SSSR count). The molecule has 0 aliphatic rings. The first-order valence-corrected chi connectivity index (χ1v) is 6.95. The first kappa shape index (κ1) is 14.6. The van der Waals surface area contributed by atoms with Gasteiger partial charge in [0, 0.05) is 0 Å². The zero-order valence-corrected chi connectivity index (χ0v) is 11.9. The van der Waals surface area contributed by atoms with E-state index in [9.17, 15) is 10.2 Å². The third kappa shape index (κ3) is 3.39. The molecule has 2 nitrogen and oxygen atoms in total. The van der Waals surface area contributed by atoms with Gasteiger partial charge < -0.3 is 10.2 Å². The molecule has 2 aromatic rings. The van der Waals surface area contributed by atoms with Crippen molar-refractivity contribution in [1.82, 2.24) is 0 Å². The van der Waals surface area contributed by atoms with Gasteiger partial charge >= 0.3 is 0 Å². The maximum atomic E-state index is 10.5. The lowest BCUT2D eigenvalue weighted by molar-refractivity contribution is 0.121. The van der Waals surface area contributed by atoms with Crippen LogP contribution in [-0.4, -0.2) is 16.3 Å². The van der Waals surface area contributed by atoms with Crippen LogP contribution in [0.5, 0.6) is 0 Å². The molecule has 0 unspecified atom stereocenters. The van der Waals surface area contributed by atoms with E-state index in [-0.39, 0.29) is 0 Å². The molecule has 0 fully saturated rings. The third-order valence-electron chi connectivity index (χ3n) is 3.36. The molecule has 0 saturated carbocycles. The van der Waals surface area contributed by atoms with Gasteiger partial charge in [-0.2, -0.15) is 0 Å². The van der Waals surface area contributed by atoms with E-state index in [2.05, 4.69) is 11.8 Å². The van der Waals surface area contributed by atoms with E-state index in [1.807, 2.05) is 49.4 Å². The fourth-order valence-corrected chi connectivity index (χ4v) is 2.13. The van der Waals surface area contributed by atoms with E-state index in [0.29, 0.717) is 6.42 Å². The van der Waals surface area contributed by atoms with Gasteiger partial charge in [0.05, 0.1) is 0 Å². The van der Waals surface area contributed by atoms with Gasteiger partial charge in [-0.15, -0.1) is 0 Å². The number of aliphatic hydroxyl groups excluding tert-OH is 1. The molecule has 2 atom stereocenters. The summed E-state index contributed by atoms with van der Waals surface area (Å²) >= 11 is 0. The zero-order chi connectivity index (χ0) is 14.6. The van der Waals surface area contributed by atoms with Crippen molar-refractivity contribution < 1.29 is 10.2 Å². The SMILES string of the molecule is CCC[C@H](O)C#C[C@](C)(O)c1ccc2ccccc2c1. The lowest BCUT2D eigenvalue weighted by atomic mass is 9.94. The molecule has 0 radical (unpaired) electrons. The molecule has 0 amide bonds. The molecule has 20 heavy (non-hydrogen) atoms. The average Bonchev–Trinajstić information content (AvgIpc) is 2.45. The minimum atomic E-state index is -1.25. The summed E-state index contributed by atoms with van der Waals surface area (Å²) in [6.07, 6.45) is 0.821. The summed E-state index contributed by atoms with van der Waals surface area (Å²) in [4.78, 5) is 0. The van der Waals surface area contributed by atoms with E-state index < -0.39 is 11.7 Å². The first-order valence-electron chi connectivity index (χ1n) is 6.95. The predicted octanol–water partition coefficient (Wildman–Crippen LogP) is 3.21. The molecule has 0 saturated heterocycles. The second-order valence-electron chi connectivity index (χ2n) is 5.21. The van der Waals surface area contributed by atoms with E-state index >= 15 is 0 Å². The molecule has 0 aromatic heterocycles. The number of benzene rings is 2. The number of hydrogen-bond acceptors (Lipinski definition) is 2. The molecule has 2 heteroatoms. The van der Waals surface area contributed by atoms with Gasteiger partial charge in [0.15, 0.2) is 0 Å². The van der Waals surface area contributed by atoms with Crippen LogP contribution in [0.15, 0.2) is 42.5 Å². The van der Waals surface area contributed by atoms with Crippen molar-refractivity contribution >= 4 is 10.8 Å². The number of aliphatic hydroxyl groups is 2. The summed E-state index contributed by atoms with van der Waals surface area (Å²) in [6.45, 7) is 3.65. The van der Waals surface area contributed by atoms with Crippen LogP contribution in [-0.2, 0) is 5.60 Å². The van der Waals surface area contributed by atoms with Crippen molar-refractivity contribution in [1.29, 1.82) is 0 Å². The number of rotatable bonds is 3. The van der Waals surface area contributed by atoms with Crippen LogP contribution in [0.4, 0.5) is 0 Å². The summed E-state index contributed by atoms with van der Waals surface area (Å²) in [5.74, 6) is 5.51. The van der Waals surface area contributed by atoms with Crippen molar-refractivity contribution in [3.63, 3.8) is 0 Å². The fraction of sp³-hybridized carbons (Fsp3) is 0.333. The van der Waals surface area contributed by atoms with Crippen molar-refractivity contribution in [3.8, 4) is 11.8 Å².